The van der Waals surface area contributed by atoms with E-state index in [2.05, 4.69) is 17.1 Å². The Balaban J connectivity index is 1.57. The zero-order valence-electron chi connectivity index (χ0n) is 18.0. The van der Waals surface area contributed by atoms with Crippen molar-refractivity contribution in [1.82, 2.24) is 15.0 Å². The molecule has 30 heavy (non-hydrogen) atoms. The number of carbonyl (C=O) groups excluding carboxylic acids is 2. The van der Waals surface area contributed by atoms with Crippen LogP contribution in [0.4, 0.5) is 0 Å². The molecule has 0 N–H and O–H groups in total. The smallest absolute Gasteiger partial charge is 0.341 e. The first-order valence-electron chi connectivity index (χ1n) is 10.3. The number of hydrogen-bond donors (Lipinski definition) is 0. The Morgan fingerprint density at radius 3 is 2.67 bits per heavy atom. The fourth-order valence-electron chi connectivity index (χ4n) is 3.65. The molecule has 8 heteroatoms. The summed E-state index contributed by atoms with van der Waals surface area (Å²) in [5, 5.41) is 4.51. The van der Waals surface area contributed by atoms with Crippen LogP contribution in [0.2, 0.25) is 0 Å². The van der Waals surface area contributed by atoms with E-state index < -0.39 is 5.97 Å². The van der Waals surface area contributed by atoms with Crippen molar-refractivity contribution in [3.05, 3.63) is 40.9 Å². The van der Waals surface area contributed by atoms with Crippen molar-refractivity contribution in [1.29, 1.82) is 0 Å². The first-order valence-corrected chi connectivity index (χ1v) is 11.3. The molecular formula is C22H29N3O4S. The molecule has 2 aromatic heterocycles. The number of carbonyl (C=O) groups is 2. The second-order valence-electron chi connectivity index (χ2n) is 7.94. The molecule has 0 radical (unpaired) electrons. The number of thioether (sulfide) groups is 1. The summed E-state index contributed by atoms with van der Waals surface area (Å²) in [5.41, 5.74) is 2.17. The largest absolute Gasteiger partial charge is 0.452 e. The third-order valence-corrected chi connectivity index (χ3v) is 6.81. The number of ether oxygens (including phenoxy) is 1. The van der Waals surface area contributed by atoms with Gasteiger partial charge in [-0.3, -0.25) is 4.79 Å². The molecule has 1 fully saturated rings. The van der Waals surface area contributed by atoms with Gasteiger partial charge in [-0.15, -0.1) is 11.8 Å². The zero-order chi connectivity index (χ0) is 21.7. The first kappa shape index (κ1) is 22.3. The summed E-state index contributed by atoms with van der Waals surface area (Å²) in [6, 6.07) is 3.59. The minimum Gasteiger partial charge on any atom is -0.452 e. The van der Waals surface area contributed by atoms with E-state index in [4.69, 9.17) is 9.26 Å². The molecule has 0 aliphatic heterocycles. The number of pyridine rings is 1. The van der Waals surface area contributed by atoms with Gasteiger partial charge in [0.15, 0.2) is 6.61 Å². The zero-order valence-corrected chi connectivity index (χ0v) is 18.8. The lowest BCUT2D eigenvalue weighted by molar-refractivity contribution is -0.136. The average Bonchev–Trinajstić information content (AvgIpc) is 3.07. The van der Waals surface area contributed by atoms with Crippen LogP contribution in [0, 0.1) is 19.8 Å². The van der Waals surface area contributed by atoms with Gasteiger partial charge in [-0.05, 0) is 57.6 Å². The maximum atomic E-state index is 12.6. The third-order valence-electron chi connectivity index (χ3n) is 5.78. The Kier molecular flexibility index (Phi) is 7.53. The fourth-order valence-corrected chi connectivity index (χ4v) is 4.79. The Labute approximate surface area is 181 Å². The van der Waals surface area contributed by atoms with Crippen LogP contribution in [0.25, 0.3) is 0 Å². The van der Waals surface area contributed by atoms with Crippen LogP contribution in [0.1, 0.15) is 60.0 Å². The van der Waals surface area contributed by atoms with Crippen LogP contribution < -0.4 is 0 Å². The van der Waals surface area contributed by atoms with Crippen LogP contribution in [-0.2, 0) is 15.3 Å². The van der Waals surface area contributed by atoms with Gasteiger partial charge >= 0.3 is 5.97 Å². The van der Waals surface area contributed by atoms with Crippen molar-refractivity contribution in [3.8, 4) is 0 Å². The molecule has 0 spiro atoms. The van der Waals surface area contributed by atoms with Gasteiger partial charge in [0.1, 0.15) is 10.8 Å². The number of aryl methyl sites for hydroxylation is 2. The molecule has 0 bridgehead atoms. The molecule has 0 aromatic carbocycles. The van der Waals surface area contributed by atoms with Crippen molar-refractivity contribution in [3.63, 3.8) is 0 Å². The minimum absolute atomic E-state index is 0.170. The van der Waals surface area contributed by atoms with Gasteiger partial charge in [0.25, 0.3) is 5.91 Å². The number of likely N-dealkylation sites (N-methyl/N-ethyl adjacent to an activating group) is 1. The maximum absolute atomic E-state index is 12.6. The lowest BCUT2D eigenvalue weighted by Crippen LogP contribution is -2.41. The van der Waals surface area contributed by atoms with Crippen molar-refractivity contribution in [2.45, 2.75) is 63.3 Å². The molecule has 0 atom stereocenters. The molecule has 0 saturated heterocycles. The van der Waals surface area contributed by atoms with Gasteiger partial charge in [-0.25, -0.2) is 9.78 Å². The van der Waals surface area contributed by atoms with E-state index in [1.807, 2.05) is 13.8 Å². The molecule has 1 aliphatic rings. The molecule has 162 valence electrons. The van der Waals surface area contributed by atoms with E-state index in [9.17, 15) is 9.59 Å². The quantitative estimate of drug-likeness (QED) is 0.480. The highest BCUT2D eigenvalue weighted by molar-refractivity contribution is 7.98. The summed E-state index contributed by atoms with van der Waals surface area (Å²) >= 11 is 1.42. The molecule has 1 saturated carbocycles. The normalized spacial score (nSPS) is 18.8. The molecule has 3 rings (SSSR count). The van der Waals surface area contributed by atoms with E-state index in [-0.39, 0.29) is 18.6 Å². The number of amides is 1. The van der Waals surface area contributed by atoms with Crippen LogP contribution in [0.3, 0.4) is 0 Å². The van der Waals surface area contributed by atoms with Crippen LogP contribution >= 0.6 is 11.8 Å². The number of aromatic nitrogens is 2. The molecule has 7 nitrogen and oxygen atoms in total. The Morgan fingerprint density at radius 1 is 1.27 bits per heavy atom. The lowest BCUT2D eigenvalue weighted by Gasteiger charge is -2.33. The summed E-state index contributed by atoms with van der Waals surface area (Å²) in [6.45, 7) is 5.73. The van der Waals surface area contributed by atoms with E-state index in [1.165, 1.54) is 11.8 Å². The summed E-state index contributed by atoms with van der Waals surface area (Å²) in [7, 11) is 1.80. The van der Waals surface area contributed by atoms with Gasteiger partial charge in [-0.2, -0.15) is 0 Å². The molecule has 1 amide bonds. The van der Waals surface area contributed by atoms with Crippen LogP contribution in [0.5, 0.6) is 0 Å². The van der Waals surface area contributed by atoms with Crippen molar-refractivity contribution < 1.29 is 18.8 Å². The topological polar surface area (TPSA) is 85.5 Å². The van der Waals surface area contributed by atoms with Crippen LogP contribution in [-0.4, -0.2) is 46.6 Å². The van der Waals surface area contributed by atoms with Gasteiger partial charge in [0.2, 0.25) is 0 Å². The Morgan fingerprint density at radius 2 is 2.00 bits per heavy atom. The standard InChI is InChI=1S/C22H29N3O4S/c1-14-7-9-17(10-8-14)25(4)20(26)12-28-22(27)18-6-5-11-23-21(18)30-13-19-15(2)24-29-16(19)3/h5-6,11,14,17H,7-10,12-13H2,1-4H3. The number of nitrogens with zero attached hydrogens (tertiary/aromatic N) is 3. The number of rotatable bonds is 7. The third kappa shape index (κ3) is 5.41. The first-order chi connectivity index (χ1) is 14.4. The molecule has 1 aliphatic carbocycles. The summed E-state index contributed by atoms with van der Waals surface area (Å²) in [4.78, 5) is 31.2. The minimum atomic E-state index is -0.539. The van der Waals surface area contributed by atoms with Gasteiger partial charge in [-0.1, -0.05) is 12.1 Å². The number of esters is 1. The molecule has 2 aromatic rings. The lowest BCUT2D eigenvalue weighted by atomic mass is 9.87. The predicted octanol–water partition coefficient (Wildman–Crippen LogP) is 4.17. The second-order valence-corrected chi connectivity index (χ2v) is 8.91. The molecular weight excluding hydrogens is 402 g/mol. The highest BCUT2D eigenvalue weighted by atomic mass is 32.2. The SMILES string of the molecule is Cc1noc(C)c1CSc1ncccc1C(=O)OCC(=O)N(C)C1CCC(C)CC1. The van der Waals surface area contributed by atoms with E-state index in [0.717, 1.165) is 48.6 Å². The summed E-state index contributed by atoms with van der Waals surface area (Å²) < 4.78 is 10.5. The monoisotopic (exact) mass is 431 g/mol. The highest BCUT2D eigenvalue weighted by Crippen LogP contribution is 2.28. The predicted molar refractivity (Wildman–Crippen MR) is 114 cm³/mol. The summed E-state index contributed by atoms with van der Waals surface area (Å²) in [5.74, 6) is 1.35. The Hall–Kier alpha value is -2.35. The fraction of sp³-hybridized carbons (Fsp3) is 0.545. The van der Waals surface area contributed by atoms with E-state index in [1.54, 1.807) is 30.3 Å². The van der Waals surface area contributed by atoms with Gasteiger partial charge in [0, 0.05) is 30.6 Å². The summed E-state index contributed by atoms with van der Waals surface area (Å²) in [6.07, 6.45) is 5.90. The van der Waals surface area contributed by atoms with Gasteiger partial charge < -0.3 is 14.2 Å². The Bertz CT molecular complexity index is 871. The second kappa shape index (κ2) is 10.1. The highest BCUT2D eigenvalue weighted by Gasteiger charge is 2.26. The molecule has 2 heterocycles. The maximum Gasteiger partial charge on any atom is 0.341 e. The van der Waals surface area contributed by atoms with Crippen molar-refractivity contribution >= 4 is 23.6 Å². The van der Waals surface area contributed by atoms with Gasteiger partial charge in [0.05, 0.1) is 11.3 Å². The molecule has 0 unspecified atom stereocenters. The van der Waals surface area contributed by atoms with Crippen LogP contribution in [0.15, 0.2) is 27.9 Å². The van der Waals surface area contributed by atoms with E-state index in [0.29, 0.717) is 16.3 Å². The van der Waals surface area contributed by atoms with Crippen molar-refractivity contribution in [2.24, 2.45) is 5.92 Å². The average molecular weight is 432 g/mol. The van der Waals surface area contributed by atoms with Crippen molar-refractivity contribution in [2.75, 3.05) is 13.7 Å². The number of hydrogen-bond acceptors (Lipinski definition) is 7. The van der Waals surface area contributed by atoms with E-state index >= 15 is 0 Å².